The summed E-state index contributed by atoms with van der Waals surface area (Å²) in [6.07, 6.45) is 0. The van der Waals surface area contributed by atoms with Crippen LogP contribution in [0.3, 0.4) is 0 Å². The molecular weight excluding hydrogens is 703 g/mol. The van der Waals surface area contributed by atoms with Gasteiger partial charge >= 0.3 is 0 Å². The Morgan fingerprint density at radius 2 is 0.638 bits per heavy atom. The van der Waals surface area contributed by atoms with Gasteiger partial charge in [-0.2, -0.15) is 0 Å². The van der Waals surface area contributed by atoms with Crippen molar-refractivity contribution in [2.45, 2.75) is 5.41 Å². The van der Waals surface area contributed by atoms with Crippen LogP contribution in [-0.4, -0.2) is 9.13 Å². The van der Waals surface area contributed by atoms with Gasteiger partial charge in [-0.15, -0.1) is 0 Å². The van der Waals surface area contributed by atoms with Gasteiger partial charge in [-0.3, -0.25) is 0 Å². The molecule has 1 aliphatic heterocycles. The number of aromatic nitrogens is 2. The summed E-state index contributed by atoms with van der Waals surface area (Å²) in [5.74, 6) is 0. The van der Waals surface area contributed by atoms with Gasteiger partial charge in [0.1, 0.15) is 0 Å². The van der Waals surface area contributed by atoms with Gasteiger partial charge in [-0.05, 0) is 94.0 Å². The van der Waals surface area contributed by atoms with Gasteiger partial charge in [0, 0.05) is 38.6 Å². The quantitative estimate of drug-likeness (QED) is 0.176. The minimum Gasteiger partial charge on any atom is -0.310 e. The molecule has 0 saturated heterocycles. The molecule has 0 saturated carbocycles. The van der Waals surface area contributed by atoms with Crippen LogP contribution in [0, 0.1) is 0 Å². The van der Waals surface area contributed by atoms with Crippen LogP contribution in [0.2, 0.25) is 0 Å². The van der Waals surface area contributed by atoms with E-state index in [1.54, 1.807) is 0 Å². The number of fused-ring (bicyclic) bond motifs is 15. The standard InChI is InChI=1S/C55H35N3/c1-2-16-36(17-3-1)56-53-34-37(57-49-26-12-6-20-41(49)42-21-7-13-27-50(42)57)30-32-47(53)55(45-24-10-4-18-39(45)40-19-5-11-25-46(40)55)48-33-31-38(35-54(48)56)58-51-28-14-8-22-43(51)44-23-9-15-29-52(44)58/h1-35H. The molecule has 1 spiro atoms. The Morgan fingerprint density at radius 1 is 0.276 bits per heavy atom. The predicted molar refractivity (Wildman–Crippen MR) is 241 cm³/mol. The Labute approximate surface area is 335 Å². The van der Waals surface area contributed by atoms with E-state index < -0.39 is 5.41 Å². The van der Waals surface area contributed by atoms with Crippen molar-refractivity contribution in [3.63, 3.8) is 0 Å². The maximum absolute atomic E-state index is 2.52. The topological polar surface area (TPSA) is 13.1 Å². The fraction of sp³-hybridized carbons (Fsp3) is 0.0182. The van der Waals surface area contributed by atoms with Gasteiger partial charge in [-0.25, -0.2) is 0 Å². The molecule has 2 aromatic heterocycles. The summed E-state index contributed by atoms with van der Waals surface area (Å²) < 4.78 is 4.89. The summed E-state index contributed by atoms with van der Waals surface area (Å²) in [5, 5.41) is 5.03. The van der Waals surface area contributed by atoms with Gasteiger partial charge in [0.15, 0.2) is 0 Å². The van der Waals surface area contributed by atoms with E-state index in [4.69, 9.17) is 0 Å². The zero-order chi connectivity index (χ0) is 38.0. The molecule has 0 atom stereocenters. The van der Waals surface area contributed by atoms with Gasteiger partial charge < -0.3 is 14.0 Å². The molecule has 0 N–H and O–H groups in total. The monoisotopic (exact) mass is 737 g/mol. The summed E-state index contributed by atoms with van der Waals surface area (Å²) in [5.41, 5.74) is 17.7. The normalized spacial score (nSPS) is 13.6. The molecule has 1 aliphatic carbocycles. The van der Waals surface area contributed by atoms with Crippen molar-refractivity contribution in [2.24, 2.45) is 0 Å². The largest absolute Gasteiger partial charge is 0.310 e. The average molecular weight is 738 g/mol. The molecule has 3 heterocycles. The summed E-state index contributed by atoms with van der Waals surface area (Å²) in [6.45, 7) is 0. The van der Waals surface area contributed by atoms with Crippen LogP contribution in [0.4, 0.5) is 17.1 Å². The van der Waals surface area contributed by atoms with E-state index in [1.165, 1.54) is 88.4 Å². The highest BCUT2D eigenvalue weighted by Gasteiger charge is 2.52. The summed E-state index contributed by atoms with van der Waals surface area (Å²) in [6, 6.07) is 78.7. The smallest absolute Gasteiger partial charge is 0.0754 e. The van der Waals surface area contributed by atoms with Crippen LogP contribution >= 0.6 is 0 Å². The lowest BCUT2D eigenvalue weighted by atomic mass is 9.64. The minimum absolute atomic E-state index is 0.554. The number of hydrogen-bond donors (Lipinski definition) is 0. The van der Waals surface area contributed by atoms with Crippen molar-refractivity contribution >= 4 is 60.7 Å². The average Bonchev–Trinajstić information content (AvgIpc) is 3.91. The van der Waals surface area contributed by atoms with E-state index in [9.17, 15) is 0 Å². The predicted octanol–water partition coefficient (Wildman–Crippen LogP) is 14.0. The second kappa shape index (κ2) is 11.7. The van der Waals surface area contributed by atoms with E-state index in [-0.39, 0.29) is 0 Å². The van der Waals surface area contributed by atoms with Crippen molar-refractivity contribution in [2.75, 3.05) is 4.90 Å². The van der Waals surface area contributed by atoms with E-state index in [2.05, 4.69) is 226 Å². The van der Waals surface area contributed by atoms with Gasteiger partial charge in [-0.1, -0.05) is 152 Å². The Bertz CT molecular complexity index is 3160. The third kappa shape index (κ3) is 4.02. The lowest BCUT2D eigenvalue weighted by Gasteiger charge is -2.45. The molecule has 58 heavy (non-hydrogen) atoms. The van der Waals surface area contributed by atoms with Crippen LogP contribution in [0.5, 0.6) is 0 Å². The molecule has 9 aromatic carbocycles. The van der Waals surface area contributed by atoms with E-state index >= 15 is 0 Å². The Balaban J connectivity index is 1.18. The zero-order valence-corrected chi connectivity index (χ0v) is 31.5. The Morgan fingerprint density at radius 3 is 1.07 bits per heavy atom. The second-order valence-corrected chi connectivity index (χ2v) is 15.7. The molecule has 0 fully saturated rings. The first-order valence-corrected chi connectivity index (χ1v) is 20.1. The van der Waals surface area contributed by atoms with E-state index in [0.29, 0.717) is 0 Å². The third-order valence-corrected chi connectivity index (χ3v) is 12.9. The first-order chi connectivity index (χ1) is 28.8. The molecule has 3 nitrogen and oxygen atoms in total. The fourth-order valence-corrected chi connectivity index (χ4v) is 10.7. The van der Waals surface area contributed by atoms with Crippen LogP contribution in [0.15, 0.2) is 212 Å². The number of rotatable bonds is 3. The SMILES string of the molecule is c1ccc(N2c3cc(-n4c5ccccc5c5ccccc54)ccc3C3(c4ccccc4-c4ccccc43)c3ccc(-n4c5ccccc5c5ccccc54)cc32)cc1. The molecule has 13 rings (SSSR count). The van der Waals surface area contributed by atoms with Crippen molar-refractivity contribution in [3.8, 4) is 22.5 Å². The Hall–Kier alpha value is -7.62. The van der Waals surface area contributed by atoms with Crippen LogP contribution in [0.1, 0.15) is 22.3 Å². The van der Waals surface area contributed by atoms with Crippen molar-refractivity contribution in [1.29, 1.82) is 0 Å². The number of benzene rings is 9. The summed E-state index contributed by atoms with van der Waals surface area (Å²) >= 11 is 0. The van der Waals surface area contributed by atoms with Crippen LogP contribution in [0.25, 0.3) is 66.1 Å². The number of hydrogen-bond acceptors (Lipinski definition) is 1. The highest BCUT2D eigenvalue weighted by molar-refractivity contribution is 6.10. The number of anilines is 3. The molecule has 0 radical (unpaired) electrons. The van der Waals surface area contributed by atoms with Crippen molar-refractivity contribution in [1.82, 2.24) is 9.13 Å². The molecule has 2 aliphatic rings. The lowest BCUT2D eigenvalue weighted by Crippen LogP contribution is -2.36. The molecule has 3 heteroatoms. The molecular formula is C55H35N3. The minimum atomic E-state index is -0.554. The maximum atomic E-state index is 2.52. The van der Waals surface area contributed by atoms with Gasteiger partial charge in [0.2, 0.25) is 0 Å². The lowest BCUT2D eigenvalue weighted by molar-refractivity contribution is 0.751. The summed E-state index contributed by atoms with van der Waals surface area (Å²) in [4.78, 5) is 2.52. The number of para-hydroxylation sites is 5. The third-order valence-electron chi connectivity index (χ3n) is 12.9. The molecule has 0 unspecified atom stereocenters. The van der Waals surface area contributed by atoms with Crippen molar-refractivity contribution < 1.29 is 0 Å². The van der Waals surface area contributed by atoms with E-state index in [1.807, 2.05) is 0 Å². The first-order valence-electron chi connectivity index (χ1n) is 20.1. The van der Waals surface area contributed by atoms with Gasteiger partial charge in [0.05, 0.1) is 38.9 Å². The van der Waals surface area contributed by atoms with Crippen LogP contribution in [-0.2, 0) is 5.41 Å². The maximum Gasteiger partial charge on any atom is 0.0754 e. The second-order valence-electron chi connectivity index (χ2n) is 15.7. The molecule has 270 valence electrons. The Kier molecular flexibility index (Phi) is 6.37. The first kappa shape index (κ1) is 31.6. The molecule has 11 aromatic rings. The molecule has 0 bridgehead atoms. The highest BCUT2D eigenvalue weighted by atomic mass is 15.2. The number of nitrogens with zero attached hydrogens (tertiary/aromatic N) is 3. The van der Waals surface area contributed by atoms with Crippen LogP contribution < -0.4 is 4.90 Å². The van der Waals surface area contributed by atoms with E-state index in [0.717, 1.165) is 17.1 Å². The summed E-state index contributed by atoms with van der Waals surface area (Å²) in [7, 11) is 0. The fourth-order valence-electron chi connectivity index (χ4n) is 10.7. The highest BCUT2D eigenvalue weighted by Crippen LogP contribution is 2.64. The zero-order valence-electron chi connectivity index (χ0n) is 31.5. The molecule has 0 amide bonds. The van der Waals surface area contributed by atoms with Gasteiger partial charge in [0.25, 0.3) is 0 Å². The van der Waals surface area contributed by atoms with Crippen molar-refractivity contribution in [3.05, 3.63) is 235 Å².